The molecule has 1 aliphatic heterocycles. The maximum Gasteiger partial charge on any atom is 0.224 e. The molecule has 0 fully saturated rings. The van der Waals surface area contributed by atoms with Gasteiger partial charge in [-0.2, -0.15) is 0 Å². The van der Waals surface area contributed by atoms with Crippen molar-refractivity contribution in [2.45, 2.75) is 53.0 Å². The molecule has 2 aromatic carbocycles. The first-order chi connectivity index (χ1) is 17.4. The van der Waals surface area contributed by atoms with E-state index in [4.69, 9.17) is 14.9 Å². The Morgan fingerprint density at radius 1 is 1.08 bits per heavy atom. The third-order valence-corrected chi connectivity index (χ3v) is 6.45. The lowest BCUT2D eigenvalue weighted by Gasteiger charge is -2.28. The molecule has 0 radical (unpaired) electrons. The summed E-state index contributed by atoms with van der Waals surface area (Å²) in [6.45, 7) is 11.7. The summed E-state index contributed by atoms with van der Waals surface area (Å²) in [5, 5.41) is 11.4. The van der Waals surface area contributed by atoms with E-state index in [1.54, 1.807) is 11.9 Å². The molecule has 208 valence electrons. The maximum absolute atomic E-state index is 13.6. The van der Waals surface area contributed by atoms with Crippen molar-refractivity contribution in [3.8, 4) is 11.5 Å². The Kier molecular flexibility index (Phi) is 10.4. The molecule has 0 unspecified atom stereocenters. The van der Waals surface area contributed by atoms with Gasteiger partial charge >= 0.3 is 0 Å². The van der Waals surface area contributed by atoms with E-state index >= 15 is 0 Å². The molecule has 1 amide bonds. The SMILES string of the molecule is Br.CCOc1cc2c(cc1CC(=O)NC)C(=N)N(CC(=O)c1cc(N(C)C)c(OCC)c(C(C)(C)C)c1)C2. The minimum atomic E-state index is -0.223. The predicted octanol–water partition coefficient (Wildman–Crippen LogP) is 4.74. The molecule has 3 rings (SSSR count). The lowest BCUT2D eigenvalue weighted by molar-refractivity contribution is -0.119. The topological polar surface area (TPSA) is 95.0 Å². The van der Waals surface area contributed by atoms with Crippen LogP contribution in [0, 0.1) is 5.41 Å². The zero-order valence-electron chi connectivity index (χ0n) is 23.8. The van der Waals surface area contributed by atoms with Crippen molar-refractivity contribution in [3.63, 3.8) is 0 Å². The number of nitrogens with one attached hydrogen (secondary N) is 2. The number of hydrogen-bond donors (Lipinski definition) is 2. The molecule has 0 spiro atoms. The summed E-state index contributed by atoms with van der Waals surface area (Å²) in [5.74, 6) is 1.52. The number of ether oxygens (including phenoxy) is 2. The second-order valence-corrected chi connectivity index (χ2v) is 10.5. The number of ketones is 1. The van der Waals surface area contributed by atoms with E-state index in [-0.39, 0.29) is 52.9 Å². The fraction of sp³-hybridized carbons (Fsp3) is 0.483. The molecule has 2 N–H and O–H groups in total. The van der Waals surface area contributed by atoms with Crippen LogP contribution in [0.3, 0.4) is 0 Å². The molecule has 1 aliphatic rings. The number of hydrogen-bond acceptors (Lipinski definition) is 6. The van der Waals surface area contributed by atoms with Crippen molar-refractivity contribution < 1.29 is 19.1 Å². The third kappa shape index (κ3) is 6.67. The summed E-state index contributed by atoms with van der Waals surface area (Å²) >= 11 is 0. The van der Waals surface area contributed by atoms with Gasteiger partial charge in [-0.05, 0) is 49.1 Å². The van der Waals surface area contributed by atoms with Gasteiger partial charge in [0, 0.05) is 49.9 Å². The van der Waals surface area contributed by atoms with Gasteiger partial charge in [0.2, 0.25) is 5.91 Å². The van der Waals surface area contributed by atoms with Crippen LogP contribution < -0.4 is 19.7 Å². The van der Waals surface area contributed by atoms with E-state index in [2.05, 4.69) is 26.1 Å². The molecule has 0 aromatic heterocycles. The van der Waals surface area contributed by atoms with Crippen LogP contribution in [0.5, 0.6) is 11.5 Å². The number of carbonyl (C=O) groups excluding carboxylic acids is 2. The highest BCUT2D eigenvalue weighted by atomic mass is 79.9. The second kappa shape index (κ2) is 12.7. The summed E-state index contributed by atoms with van der Waals surface area (Å²) < 4.78 is 11.8. The Labute approximate surface area is 237 Å². The van der Waals surface area contributed by atoms with Gasteiger partial charge in [0.25, 0.3) is 0 Å². The van der Waals surface area contributed by atoms with Crippen molar-refractivity contribution in [1.82, 2.24) is 10.2 Å². The minimum Gasteiger partial charge on any atom is -0.494 e. The number of Topliss-reactive ketones (excluding diaryl/α,β-unsaturated/α-hetero) is 1. The third-order valence-electron chi connectivity index (χ3n) is 6.45. The van der Waals surface area contributed by atoms with E-state index in [1.165, 1.54) is 0 Å². The van der Waals surface area contributed by atoms with Crippen LogP contribution in [0.1, 0.15) is 67.2 Å². The monoisotopic (exact) mass is 588 g/mol. The van der Waals surface area contributed by atoms with Crippen molar-refractivity contribution in [3.05, 3.63) is 52.1 Å². The number of benzene rings is 2. The molecule has 1 heterocycles. The summed E-state index contributed by atoms with van der Waals surface area (Å²) in [6.07, 6.45) is 0.167. The first-order valence-corrected chi connectivity index (χ1v) is 12.8. The maximum atomic E-state index is 13.6. The van der Waals surface area contributed by atoms with Crippen LogP contribution in [0.25, 0.3) is 0 Å². The lowest BCUT2D eigenvalue weighted by Crippen LogP contribution is -2.30. The Bertz CT molecular complexity index is 1200. The Morgan fingerprint density at radius 2 is 1.74 bits per heavy atom. The van der Waals surface area contributed by atoms with Crippen LogP contribution in [0.4, 0.5) is 5.69 Å². The number of fused-ring (bicyclic) bond motifs is 1. The van der Waals surface area contributed by atoms with Crippen molar-refractivity contribution in [1.29, 1.82) is 5.41 Å². The smallest absolute Gasteiger partial charge is 0.224 e. The minimum absolute atomic E-state index is 0. The predicted molar refractivity (Wildman–Crippen MR) is 158 cm³/mol. The van der Waals surface area contributed by atoms with Crippen LogP contribution >= 0.6 is 17.0 Å². The number of halogens is 1. The summed E-state index contributed by atoms with van der Waals surface area (Å²) in [4.78, 5) is 29.3. The van der Waals surface area contributed by atoms with Gasteiger partial charge in [-0.25, -0.2) is 0 Å². The van der Waals surface area contributed by atoms with E-state index in [1.807, 2.05) is 57.1 Å². The molecule has 0 aliphatic carbocycles. The van der Waals surface area contributed by atoms with Gasteiger partial charge < -0.3 is 24.6 Å². The number of carbonyl (C=O) groups is 2. The Balaban J connectivity index is 0.00000507. The first kappa shape index (κ1) is 31.1. The van der Waals surface area contributed by atoms with Crippen molar-refractivity contribution in [2.24, 2.45) is 0 Å². The molecule has 0 saturated carbocycles. The Morgan fingerprint density at radius 3 is 2.29 bits per heavy atom. The number of nitrogens with zero attached hydrogens (tertiary/aromatic N) is 2. The molecular weight excluding hydrogens is 548 g/mol. The molecule has 0 saturated heterocycles. The highest BCUT2D eigenvalue weighted by molar-refractivity contribution is 8.93. The van der Waals surface area contributed by atoms with E-state index in [9.17, 15) is 9.59 Å². The normalized spacial score (nSPS) is 12.5. The molecular formula is C29H41BrN4O4. The highest BCUT2D eigenvalue weighted by Gasteiger charge is 2.30. The summed E-state index contributed by atoms with van der Waals surface area (Å²) in [6, 6.07) is 7.56. The average molecular weight is 590 g/mol. The molecule has 8 nitrogen and oxygen atoms in total. The second-order valence-electron chi connectivity index (χ2n) is 10.5. The summed E-state index contributed by atoms with van der Waals surface area (Å²) in [7, 11) is 5.48. The number of amidine groups is 1. The van der Waals surface area contributed by atoms with Crippen molar-refractivity contribution in [2.75, 3.05) is 45.8 Å². The van der Waals surface area contributed by atoms with E-state index < -0.39 is 0 Å². The van der Waals surface area contributed by atoms with Gasteiger partial charge in [-0.3, -0.25) is 15.0 Å². The lowest BCUT2D eigenvalue weighted by atomic mass is 9.84. The summed E-state index contributed by atoms with van der Waals surface area (Å²) in [5.41, 5.74) is 4.58. The molecule has 9 heteroatoms. The molecule has 0 atom stereocenters. The van der Waals surface area contributed by atoms with E-state index in [0.717, 1.165) is 33.7 Å². The Hall–Kier alpha value is -3.07. The fourth-order valence-electron chi connectivity index (χ4n) is 4.52. The van der Waals surface area contributed by atoms with Gasteiger partial charge in [-0.1, -0.05) is 20.8 Å². The van der Waals surface area contributed by atoms with Crippen LogP contribution in [0.15, 0.2) is 24.3 Å². The number of amides is 1. The number of anilines is 1. The zero-order valence-corrected chi connectivity index (χ0v) is 25.5. The molecule has 2 aromatic rings. The largest absolute Gasteiger partial charge is 0.494 e. The zero-order chi connectivity index (χ0) is 27.5. The standard InChI is InChI=1S/C29H40N4O4.BrH/c1-9-36-25-14-20-16-33(28(30)21(20)11-19(25)15-26(35)31-6)17-24(34)18-12-22(29(3,4)5)27(37-10-2)23(13-18)32(7)8;/h11-14,30H,9-10,15-17H2,1-8H3,(H,31,35);1H. The quantitative estimate of drug-likeness (QED) is 0.389. The van der Waals surface area contributed by atoms with Crippen LogP contribution in [-0.4, -0.2) is 63.3 Å². The van der Waals surface area contributed by atoms with Gasteiger partial charge in [-0.15, -0.1) is 17.0 Å². The first-order valence-electron chi connectivity index (χ1n) is 12.8. The number of likely N-dealkylation sites (N-methyl/N-ethyl adjacent to an activating group) is 1. The van der Waals surface area contributed by atoms with Gasteiger partial charge in [0.05, 0.1) is 31.9 Å². The highest BCUT2D eigenvalue weighted by Crippen LogP contribution is 2.40. The molecule has 0 bridgehead atoms. The van der Waals surface area contributed by atoms with Crippen LogP contribution in [-0.2, 0) is 23.2 Å². The van der Waals surface area contributed by atoms with Gasteiger partial charge in [0.15, 0.2) is 5.78 Å². The molecule has 38 heavy (non-hydrogen) atoms. The van der Waals surface area contributed by atoms with Crippen LogP contribution in [0.2, 0.25) is 0 Å². The fourth-order valence-corrected chi connectivity index (χ4v) is 4.52. The van der Waals surface area contributed by atoms with E-state index in [0.29, 0.717) is 31.1 Å². The average Bonchev–Trinajstić information content (AvgIpc) is 3.12. The number of rotatable bonds is 10. The van der Waals surface area contributed by atoms with Gasteiger partial charge in [0.1, 0.15) is 17.3 Å². The van der Waals surface area contributed by atoms with Crippen molar-refractivity contribution >= 4 is 40.2 Å².